The summed E-state index contributed by atoms with van der Waals surface area (Å²) in [7, 11) is 0. The highest BCUT2D eigenvalue weighted by molar-refractivity contribution is 4.99. The van der Waals surface area contributed by atoms with Gasteiger partial charge in [0.1, 0.15) is 18.3 Å². The Kier molecular flexibility index (Phi) is 3.94. The first-order valence-corrected chi connectivity index (χ1v) is 7.47. The topological polar surface area (TPSA) is 103 Å². The minimum absolute atomic E-state index is 0.233. The van der Waals surface area contributed by atoms with Gasteiger partial charge in [-0.1, -0.05) is 13.8 Å². The molecule has 22 heavy (non-hydrogen) atoms. The first-order chi connectivity index (χ1) is 10.5. The van der Waals surface area contributed by atoms with Gasteiger partial charge in [-0.15, -0.1) is 0 Å². The van der Waals surface area contributed by atoms with Gasteiger partial charge in [-0.25, -0.2) is 4.79 Å². The Labute approximate surface area is 126 Å². The minimum atomic E-state index is -0.744. The van der Waals surface area contributed by atoms with E-state index in [9.17, 15) is 14.7 Å². The normalized spacial score (nSPS) is 33.0. The molecule has 3 rings (SSSR count). The zero-order valence-electron chi connectivity index (χ0n) is 12.5. The second kappa shape index (κ2) is 5.62. The lowest BCUT2D eigenvalue weighted by atomic mass is 10.1. The van der Waals surface area contributed by atoms with Crippen LogP contribution in [-0.4, -0.2) is 45.4 Å². The zero-order valence-corrected chi connectivity index (χ0v) is 12.5. The fraction of sp³-hybridized carbons (Fsp3) is 0.714. The van der Waals surface area contributed by atoms with Crippen molar-refractivity contribution in [3.63, 3.8) is 0 Å². The monoisotopic (exact) mass is 312 g/mol. The molecule has 0 aromatic carbocycles. The molecule has 0 bridgehead atoms. The van der Waals surface area contributed by atoms with E-state index in [1.165, 1.54) is 16.8 Å². The Morgan fingerprint density at radius 1 is 1.27 bits per heavy atom. The fourth-order valence-electron chi connectivity index (χ4n) is 3.08. The van der Waals surface area contributed by atoms with Crippen LogP contribution in [0.5, 0.6) is 0 Å². The van der Waals surface area contributed by atoms with Gasteiger partial charge in [-0.05, 0) is 12.8 Å². The average Bonchev–Trinajstić information content (AvgIpc) is 3.03. The van der Waals surface area contributed by atoms with E-state index in [4.69, 9.17) is 14.2 Å². The van der Waals surface area contributed by atoms with Gasteiger partial charge in [-0.2, -0.15) is 0 Å². The van der Waals surface area contributed by atoms with Crippen molar-refractivity contribution in [2.45, 2.75) is 57.0 Å². The number of nitrogens with one attached hydrogen (secondary N) is 1. The molecule has 2 N–H and O–H groups in total. The first-order valence-electron chi connectivity index (χ1n) is 7.47. The maximum atomic E-state index is 12.0. The molecular weight excluding hydrogens is 292 g/mol. The van der Waals surface area contributed by atoms with Crippen LogP contribution in [0.1, 0.15) is 32.9 Å². The van der Waals surface area contributed by atoms with E-state index in [-0.39, 0.29) is 6.61 Å². The molecule has 122 valence electrons. The molecule has 0 unspecified atom stereocenters. The van der Waals surface area contributed by atoms with Gasteiger partial charge in [-0.3, -0.25) is 14.3 Å². The summed E-state index contributed by atoms with van der Waals surface area (Å²) in [5.41, 5.74) is -1.06. The SMILES string of the molecule is CCC1(CC)O[C@@H]2[C@H](O1)[C@@H](CO)O[C@H]2n1ccc(=O)[nH]c1=O. The third-order valence-electron chi connectivity index (χ3n) is 4.37. The molecule has 2 aliphatic heterocycles. The summed E-state index contributed by atoms with van der Waals surface area (Å²) in [6.45, 7) is 3.68. The van der Waals surface area contributed by atoms with E-state index in [1.54, 1.807) is 0 Å². The summed E-state index contributed by atoms with van der Waals surface area (Å²) in [6.07, 6.45) is 0.392. The molecule has 0 spiro atoms. The lowest BCUT2D eigenvalue weighted by Crippen LogP contribution is -2.38. The van der Waals surface area contributed by atoms with Crippen molar-refractivity contribution >= 4 is 0 Å². The molecule has 2 saturated heterocycles. The van der Waals surface area contributed by atoms with Gasteiger partial charge >= 0.3 is 5.69 Å². The molecule has 3 heterocycles. The third-order valence-corrected chi connectivity index (χ3v) is 4.37. The van der Waals surface area contributed by atoms with E-state index < -0.39 is 41.6 Å². The number of hydrogen-bond donors (Lipinski definition) is 2. The van der Waals surface area contributed by atoms with Crippen molar-refractivity contribution in [3.05, 3.63) is 33.1 Å². The number of H-pyrrole nitrogens is 1. The molecule has 0 radical (unpaired) electrons. The van der Waals surface area contributed by atoms with Crippen LogP contribution >= 0.6 is 0 Å². The summed E-state index contributed by atoms with van der Waals surface area (Å²) < 4.78 is 19.0. The van der Waals surface area contributed by atoms with Crippen molar-refractivity contribution in [3.8, 4) is 0 Å². The molecule has 0 aliphatic carbocycles. The summed E-state index contributed by atoms with van der Waals surface area (Å²) in [6, 6.07) is 1.24. The minimum Gasteiger partial charge on any atom is -0.394 e. The highest BCUT2D eigenvalue weighted by Crippen LogP contribution is 2.45. The van der Waals surface area contributed by atoms with Crippen LogP contribution in [0.2, 0.25) is 0 Å². The number of aromatic amines is 1. The number of rotatable bonds is 4. The smallest absolute Gasteiger partial charge is 0.330 e. The van der Waals surface area contributed by atoms with Crippen molar-refractivity contribution in [1.29, 1.82) is 0 Å². The summed E-state index contributed by atoms with van der Waals surface area (Å²) in [4.78, 5) is 25.4. The van der Waals surface area contributed by atoms with Crippen LogP contribution in [0.3, 0.4) is 0 Å². The van der Waals surface area contributed by atoms with Crippen molar-refractivity contribution in [1.82, 2.24) is 9.55 Å². The highest BCUT2D eigenvalue weighted by atomic mass is 16.8. The Morgan fingerprint density at radius 3 is 2.55 bits per heavy atom. The van der Waals surface area contributed by atoms with E-state index >= 15 is 0 Å². The van der Waals surface area contributed by atoms with Crippen LogP contribution in [0.25, 0.3) is 0 Å². The van der Waals surface area contributed by atoms with Crippen molar-refractivity contribution in [2.75, 3.05) is 6.61 Å². The number of aliphatic hydroxyl groups excluding tert-OH is 1. The van der Waals surface area contributed by atoms with Crippen LogP contribution in [0.4, 0.5) is 0 Å². The second-order valence-corrected chi connectivity index (χ2v) is 5.55. The molecule has 0 saturated carbocycles. The third kappa shape index (κ3) is 2.32. The Balaban J connectivity index is 1.96. The van der Waals surface area contributed by atoms with Crippen molar-refractivity contribution < 1.29 is 19.3 Å². The molecule has 2 aliphatic rings. The zero-order chi connectivity index (χ0) is 15.9. The standard InChI is InChI=1S/C14H20N2O6/c1-3-14(4-2)21-10-8(7-17)20-12(11(10)22-14)16-6-5-9(18)15-13(16)19/h5-6,8,10-12,17H,3-4,7H2,1-2H3,(H,15,18,19)/t8-,10-,11-,12-/m1/s1. The fourth-order valence-corrected chi connectivity index (χ4v) is 3.08. The van der Waals surface area contributed by atoms with Gasteiger partial charge in [0.2, 0.25) is 0 Å². The molecule has 1 aromatic heterocycles. The largest absolute Gasteiger partial charge is 0.394 e. The van der Waals surface area contributed by atoms with E-state index in [0.717, 1.165) is 0 Å². The number of hydrogen-bond acceptors (Lipinski definition) is 6. The Bertz CT molecular complexity index is 649. The quantitative estimate of drug-likeness (QED) is 0.793. The average molecular weight is 312 g/mol. The molecule has 1 aromatic rings. The Hall–Kier alpha value is -1.48. The maximum absolute atomic E-state index is 12.0. The molecular formula is C14H20N2O6. The lowest BCUT2D eigenvalue weighted by molar-refractivity contribution is -0.223. The molecule has 4 atom stereocenters. The van der Waals surface area contributed by atoms with E-state index in [2.05, 4.69) is 4.98 Å². The van der Waals surface area contributed by atoms with Crippen LogP contribution < -0.4 is 11.2 Å². The molecule has 2 fully saturated rings. The lowest BCUT2D eigenvalue weighted by Gasteiger charge is -2.29. The van der Waals surface area contributed by atoms with E-state index in [0.29, 0.717) is 12.8 Å². The summed E-state index contributed by atoms with van der Waals surface area (Å²) >= 11 is 0. The number of ether oxygens (including phenoxy) is 3. The Morgan fingerprint density at radius 2 is 1.95 bits per heavy atom. The van der Waals surface area contributed by atoms with Gasteiger partial charge in [0.25, 0.3) is 5.56 Å². The predicted octanol–water partition coefficient (Wildman–Crippen LogP) is -0.273. The number of fused-ring (bicyclic) bond motifs is 1. The van der Waals surface area contributed by atoms with Crippen LogP contribution in [0, 0.1) is 0 Å². The van der Waals surface area contributed by atoms with Gasteiger partial charge in [0, 0.05) is 12.3 Å². The number of aromatic nitrogens is 2. The van der Waals surface area contributed by atoms with Gasteiger partial charge in [0.15, 0.2) is 12.0 Å². The summed E-state index contributed by atoms with van der Waals surface area (Å²) in [5.74, 6) is -0.726. The van der Waals surface area contributed by atoms with Crippen LogP contribution in [-0.2, 0) is 14.2 Å². The van der Waals surface area contributed by atoms with Crippen LogP contribution in [0.15, 0.2) is 21.9 Å². The predicted molar refractivity (Wildman–Crippen MR) is 75.4 cm³/mol. The maximum Gasteiger partial charge on any atom is 0.330 e. The van der Waals surface area contributed by atoms with Gasteiger partial charge < -0.3 is 19.3 Å². The summed E-state index contributed by atoms with van der Waals surface area (Å²) in [5, 5.41) is 9.50. The molecule has 0 amide bonds. The molecule has 8 nitrogen and oxygen atoms in total. The number of aliphatic hydroxyl groups is 1. The van der Waals surface area contributed by atoms with E-state index in [1.807, 2.05) is 13.8 Å². The molecule has 8 heteroatoms. The van der Waals surface area contributed by atoms with Gasteiger partial charge in [0.05, 0.1) is 6.61 Å². The highest BCUT2D eigenvalue weighted by Gasteiger charge is 2.57. The van der Waals surface area contributed by atoms with Crippen molar-refractivity contribution in [2.24, 2.45) is 0 Å². The second-order valence-electron chi connectivity index (χ2n) is 5.55. The number of nitrogens with zero attached hydrogens (tertiary/aromatic N) is 1. The first kappa shape index (κ1) is 15.4.